The van der Waals surface area contributed by atoms with Crippen molar-refractivity contribution in [2.75, 3.05) is 18.1 Å². The first-order chi connectivity index (χ1) is 6.93. The topological polar surface area (TPSA) is 57.6 Å². The Hall–Kier alpha value is -0.710. The average Bonchev–Trinajstić information content (AvgIpc) is 2.44. The second-order valence-corrected chi connectivity index (χ2v) is 5.33. The number of carbonyl (C=O) groups excluding carboxylic acids is 1. The van der Waals surface area contributed by atoms with Crippen LogP contribution in [0.25, 0.3) is 0 Å². The van der Waals surface area contributed by atoms with E-state index in [1.165, 1.54) is 11.8 Å². The maximum atomic E-state index is 11.8. The van der Waals surface area contributed by atoms with Gasteiger partial charge >= 0.3 is 5.97 Å². The van der Waals surface area contributed by atoms with Gasteiger partial charge in [0.2, 0.25) is 5.91 Å². The lowest BCUT2D eigenvalue weighted by molar-refractivity contribution is -0.134. The lowest BCUT2D eigenvalue weighted by Crippen LogP contribution is -2.43. The highest BCUT2D eigenvalue weighted by atomic mass is 32.2. The van der Waals surface area contributed by atoms with Gasteiger partial charge in [0.15, 0.2) is 0 Å². The van der Waals surface area contributed by atoms with E-state index in [1.54, 1.807) is 0 Å². The standard InChI is InChI=1S/C10H17NO3S/c1-10(2)4-3-5-11(10)8(12)6-15-7-9(13)14/h3-7H2,1-2H3,(H,13,14). The van der Waals surface area contributed by atoms with Crippen molar-refractivity contribution in [1.29, 1.82) is 0 Å². The molecule has 15 heavy (non-hydrogen) atoms. The molecule has 0 spiro atoms. The molecule has 86 valence electrons. The van der Waals surface area contributed by atoms with Crippen molar-refractivity contribution in [3.8, 4) is 0 Å². The summed E-state index contributed by atoms with van der Waals surface area (Å²) in [5.74, 6) is -0.535. The van der Waals surface area contributed by atoms with E-state index in [2.05, 4.69) is 13.8 Å². The number of hydrogen-bond donors (Lipinski definition) is 1. The summed E-state index contributed by atoms with van der Waals surface area (Å²) >= 11 is 1.17. The molecule has 1 rings (SSSR count). The van der Waals surface area contributed by atoms with E-state index < -0.39 is 5.97 Å². The van der Waals surface area contributed by atoms with Crippen molar-refractivity contribution in [3.05, 3.63) is 0 Å². The summed E-state index contributed by atoms with van der Waals surface area (Å²) in [7, 11) is 0. The van der Waals surface area contributed by atoms with Crippen LogP contribution < -0.4 is 0 Å². The zero-order valence-electron chi connectivity index (χ0n) is 9.15. The van der Waals surface area contributed by atoms with Crippen LogP contribution in [-0.2, 0) is 9.59 Å². The highest BCUT2D eigenvalue weighted by Crippen LogP contribution is 2.28. The molecule has 0 aromatic carbocycles. The number of aliphatic carboxylic acids is 1. The minimum Gasteiger partial charge on any atom is -0.481 e. The smallest absolute Gasteiger partial charge is 0.313 e. The predicted octanol–water partition coefficient (Wildman–Crippen LogP) is 1.21. The van der Waals surface area contributed by atoms with Gasteiger partial charge in [-0.05, 0) is 26.7 Å². The number of carboxylic acids is 1. The number of carboxylic acid groups (broad SMARTS) is 1. The second kappa shape index (κ2) is 4.88. The summed E-state index contributed by atoms with van der Waals surface area (Å²) < 4.78 is 0. The van der Waals surface area contributed by atoms with Gasteiger partial charge in [-0.3, -0.25) is 9.59 Å². The summed E-state index contributed by atoms with van der Waals surface area (Å²) in [4.78, 5) is 23.9. The molecule has 4 nitrogen and oxygen atoms in total. The van der Waals surface area contributed by atoms with Crippen LogP contribution in [0.3, 0.4) is 0 Å². The third kappa shape index (κ3) is 3.41. The molecular weight excluding hydrogens is 214 g/mol. The normalized spacial score (nSPS) is 19.2. The van der Waals surface area contributed by atoms with E-state index in [0.29, 0.717) is 0 Å². The van der Waals surface area contributed by atoms with Gasteiger partial charge in [-0.2, -0.15) is 0 Å². The minimum atomic E-state index is -0.867. The fourth-order valence-electron chi connectivity index (χ4n) is 1.87. The van der Waals surface area contributed by atoms with Gasteiger partial charge in [-0.15, -0.1) is 11.8 Å². The number of hydrogen-bond acceptors (Lipinski definition) is 3. The van der Waals surface area contributed by atoms with E-state index in [1.807, 2.05) is 4.90 Å². The number of amides is 1. The summed E-state index contributed by atoms with van der Waals surface area (Å²) in [6.45, 7) is 4.92. The molecule has 1 aliphatic heterocycles. The van der Waals surface area contributed by atoms with Crippen LogP contribution in [0.4, 0.5) is 0 Å². The van der Waals surface area contributed by atoms with E-state index in [4.69, 9.17) is 5.11 Å². The fraction of sp³-hybridized carbons (Fsp3) is 0.800. The van der Waals surface area contributed by atoms with Crippen molar-refractivity contribution in [1.82, 2.24) is 4.90 Å². The summed E-state index contributed by atoms with van der Waals surface area (Å²) in [5, 5.41) is 8.45. The van der Waals surface area contributed by atoms with Crippen molar-refractivity contribution in [3.63, 3.8) is 0 Å². The van der Waals surface area contributed by atoms with Gasteiger partial charge in [-0.25, -0.2) is 0 Å². The number of likely N-dealkylation sites (tertiary alicyclic amines) is 1. The van der Waals surface area contributed by atoms with Crippen LogP contribution in [0, 0.1) is 0 Å². The molecule has 1 N–H and O–H groups in total. The average molecular weight is 231 g/mol. The van der Waals surface area contributed by atoms with Crippen molar-refractivity contribution in [2.24, 2.45) is 0 Å². The molecule has 1 aliphatic rings. The molecule has 0 aromatic rings. The van der Waals surface area contributed by atoms with Gasteiger partial charge in [0.25, 0.3) is 0 Å². The zero-order valence-corrected chi connectivity index (χ0v) is 9.97. The molecule has 0 aliphatic carbocycles. The van der Waals surface area contributed by atoms with Gasteiger partial charge in [-0.1, -0.05) is 0 Å². The Morgan fingerprint density at radius 1 is 1.40 bits per heavy atom. The quantitative estimate of drug-likeness (QED) is 0.790. The monoisotopic (exact) mass is 231 g/mol. The SMILES string of the molecule is CC1(C)CCCN1C(=O)CSCC(=O)O. The van der Waals surface area contributed by atoms with Crippen LogP contribution in [0.5, 0.6) is 0 Å². The van der Waals surface area contributed by atoms with Gasteiger partial charge in [0.1, 0.15) is 0 Å². The second-order valence-electron chi connectivity index (χ2n) is 4.35. The number of carbonyl (C=O) groups is 2. The summed E-state index contributed by atoms with van der Waals surface area (Å²) in [6.07, 6.45) is 2.07. The van der Waals surface area contributed by atoms with Crippen LogP contribution in [0.1, 0.15) is 26.7 Å². The van der Waals surface area contributed by atoms with Gasteiger partial charge in [0, 0.05) is 12.1 Å². The van der Waals surface area contributed by atoms with E-state index >= 15 is 0 Å². The number of rotatable bonds is 4. The Balaban J connectivity index is 2.37. The molecule has 1 saturated heterocycles. The van der Waals surface area contributed by atoms with E-state index in [0.717, 1.165) is 19.4 Å². The molecule has 0 aromatic heterocycles. The number of thioether (sulfide) groups is 1. The highest BCUT2D eigenvalue weighted by molar-refractivity contribution is 8.00. The summed E-state index contributed by atoms with van der Waals surface area (Å²) in [6, 6.07) is 0. The molecule has 0 bridgehead atoms. The van der Waals surface area contributed by atoms with Crippen molar-refractivity contribution >= 4 is 23.6 Å². The van der Waals surface area contributed by atoms with Gasteiger partial charge in [0.05, 0.1) is 11.5 Å². The van der Waals surface area contributed by atoms with Crippen LogP contribution in [0.2, 0.25) is 0 Å². The van der Waals surface area contributed by atoms with Gasteiger partial charge < -0.3 is 10.0 Å². The first-order valence-corrected chi connectivity index (χ1v) is 6.19. The van der Waals surface area contributed by atoms with E-state index in [-0.39, 0.29) is 23.0 Å². The molecule has 5 heteroatoms. The third-order valence-electron chi connectivity index (χ3n) is 2.65. The Morgan fingerprint density at radius 2 is 2.07 bits per heavy atom. The highest BCUT2D eigenvalue weighted by Gasteiger charge is 2.34. The first kappa shape index (κ1) is 12.4. The Labute approximate surface area is 94.0 Å². The molecule has 0 atom stereocenters. The Kier molecular flexibility index (Phi) is 4.02. The molecule has 1 heterocycles. The Bertz CT molecular complexity index is 265. The lowest BCUT2D eigenvalue weighted by atomic mass is 10.0. The Morgan fingerprint density at radius 3 is 2.53 bits per heavy atom. The molecule has 1 amide bonds. The maximum absolute atomic E-state index is 11.8. The molecule has 0 saturated carbocycles. The summed E-state index contributed by atoms with van der Waals surface area (Å²) in [5.41, 5.74) is -0.0547. The van der Waals surface area contributed by atoms with Crippen molar-refractivity contribution < 1.29 is 14.7 Å². The van der Waals surface area contributed by atoms with Crippen LogP contribution in [0.15, 0.2) is 0 Å². The largest absolute Gasteiger partial charge is 0.481 e. The maximum Gasteiger partial charge on any atom is 0.313 e. The van der Waals surface area contributed by atoms with Crippen LogP contribution >= 0.6 is 11.8 Å². The molecule has 0 radical (unpaired) electrons. The minimum absolute atomic E-state index is 0.00000850. The predicted molar refractivity (Wildman–Crippen MR) is 60.0 cm³/mol. The van der Waals surface area contributed by atoms with Crippen molar-refractivity contribution in [2.45, 2.75) is 32.2 Å². The third-order valence-corrected chi connectivity index (χ3v) is 3.56. The first-order valence-electron chi connectivity index (χ1n) is 5.03. The number of nitrogens with zero attached hydrogens (tertiary/aromatic N) is 1. The lowest BCUT2D eigenvalue weighted by Gasteiger charge is -2.31. The molecule has 1 fully saturated rings. The van der Waals surface area contributed by atoms with Crippen LogP contribution in [-0.4, -0.2) is 45.5 Å². The molecule has 0 unspecified atom stereocenters. The van der Waals surface area contributed by atoms with E-state index in [9.17, 15) is 9.59 Å². The molecular formula is C10H17NO3S. The zero-order chi connectivity index (χ0) is 11.5. The fourth-order valence-corrected chi connectivity index (χ4v) is 2.48.